The van der Waals surface area contributed by atoms with Crippen LogP contribution in [0.4, 0.5) is 16.0 Å². The lowest BCUT2D eigenvalue weighted by molar-refractivity contribution is 0.488. The van der Waals surface area contributed by atoms with Crippen molar-refractivity contribution < 1.29 is 4.39 Å². The molecule has 0 radical (unpaired) electrons. The lowest BCUT2D eigenvalue weighted by Gasteiger charge is -1.98. The van der Waals surface area contributed by atoms with Crippen molar-refractivity contribution in [3.8, 4) is 0 Å². The first-order valence-electron chi connectivity index (χ1n) is 3.17. The predicted molar refractivity (Wildman–Crippen MR) is 40.5 cm³/mol. The third-order valence-electron chi connectivity index (χ3n) is 1.13. The summed E-state index contributed by atoms with van der Waals surface area (Å²) in [6, 6.07) is 1.43. The molecule has 1 aromatic rings. The van der Waals surface area contributed by atoms with Gasteiger partial charge in [-0.2, -0.15) is 0 Å². The van der Waals surface area contributed by atoms with E-state index < -0.39 is 6.67 Å². The average molecular weight is 156 g/mol. The number of hydrogen-bond acceptors (Lipinski definition) is 4. The van der Waals surface area contributed by atoms with E-state index in [1.807, 2.05) is 0 Å². The Balaban J connectivity index is 2.89. The van der Waals surface area contributed by atoms with Crippen LogP contribution in [-0.4, -0.2) is 16.6 Å². The Morgan fingerprint density at radius 3 is 2.27 bits per heavy atom. The molecule has 11 heavy (non-hydrogen) atoms. The van der Waals surface area contributed by atoms with E-state index in [-0.39, 0.29) is 18.1 Å². The molecule has 0 aliphatic carbocycles. The van der Waals surface area contributed by atoms with E-state index in [4.69, 9.17) is 11.5 Å². The Kier molecular flexibility index (Phi) is 2.20. The van der Waals surface area contributed by atoms with E-state index >= 15 is 0 Å². The predicted octanol–water partition coefficient (Wildman–Crippen LogP) is 0.153. The smallest absolute Gasteiger partial charge is 0.135 e. The van der Waals surface area contributed by atoms with Crippen LogP contribution in [0.25, 0.3) is 0 Å². The fourth-order valence-corrected chi connectivity index (χ4v) is 0.735. The van der Waals surface area contributed by atoms with Crippen LogP contribution in [0.1, 0.15) is 5.82 Å². The Labute approximate surface area is 63.4 Å². The topological polar surface area (TPSA) is 77.8 Å². The number of aryl methyl sites for hydroxylation is 1. The number of alkyl halides is 1. The molecule has 0 amide bonds. The highest BCUT2D eigenvalue weighted by Crippen LogP contribution is 2.04. The van der Waals surface area contributed by atoms with Crippen LogP contribution in [0.15, 0.2) is 6.07 Å². The van der Waals surface area contributed by atoms with E-state index in [1.165, 1.54) is 6.07 Å². The highest BCUT2D eigenvalue weighted by Gasteiger charge is 1.98. The number of nitrogens with zero attached hydrogens (tertiary/aromatic N) is 2. The molecule has 0 aliphatic rings. The van der Waals surface area contributed by atoms with Crippen molar-refractivity contribution >= 4 is 11.6 Å². The SMILES string of the molecule is Nc1cc(N)nc(CCF)n1. The van der Waals surface area contributed by atoms with Crippen LogP contribution in [0, 0.1) is 0 Å². The molecule has 0 aromatic carbocycles. The largest absolute Gasteiger partial charge is 0.384 e. The summed E-state index contributed by atoms with van der Waals surface area (Å²) < 4.78 is 11.8. The fraction of sp³-hybridized carbons (Fsp3) is 0.333. The first kappa shape index (κ1) is 7.71. The van der Waals surface area contributed by atoms with Crippen molar-refractivity contribution in [3.63, 3.8) is 0 Å². The van der Waals surface area contributed by atoms with Crippen molar-refractivity contribution in [2.24, 2.45) is 0 Å². The summed E-state index contributed by atoms with van der Waals surface area (Å²) in [4.78, 5) is 7.54. The molecule has 1 heterocycles. The molecule has 0 unspecified atom stereocenters. The summed E-state index contributed by atoms with van der Waals surface area (Å²) in [5.41, 5.74) is 10.7. The summed E-state index contributed by atoms with van der Waals surface area (Å²) >= 11 is 0. The van der Waals surface area contributed by atoms with Crippen molar-refractivity contribution in [1.82, 2.24) is 9.97 Å². The number of aromatic nitrogens is 2. The van der Waals surface area contributed by atoms with Gasteiger partial charge in [0.25, 0.3) is 0 Å². The molecule has 0 saturated heterocycles. The molecule has 1 aromatic heterocycles. The second-order valence-corrected chi connectivity index (χ2v) is 2.07. The Bertz CT molecular complexity index is 230. The van der Waals surface area contributed by atoms with Gasteiger partial charge < -0.3 is 11.5 Å². The van der Waals surface area contributed by atoms with E-state index in [0.29, 0.717) is 5.82 Å². The third-order valence-corrected chi connectivity index (χ3v) is 1.13. The molecule has 0 aliphatic heterocycles. The zero-order chi connectivity index (χ0) is 8.27. The van der Waals surface area contributed by atoms with Crippen molar-refractivity contribution in [2.45, 2.75) is 6.42 Å². The number of halogens is 1. The molecule has 4 nitrogen and oxygen atoms in total. The molecule has 60 valence electrons. The summed E-state index contributed by atoms with van der Waals surface area (Å²) in [7, 11) is 0. The molecule has 0 atom stereocenters. The molecule has 1 rings (SSSR count). The Morgan fingerprint density at radius 1 is 1.27 bits per heavy atom. The third kappa shape index (κ3) is 2.03. The van der Waals surface area contributed by atoms with Gasteiger partial charge in [-0.3, -0.25) is 4.39 Å². The first-order chi connectivity index (χ1) is 5.22. The quantitative estimate of drug-likeness (QED) is 0.639. The van der Waals surface area contributed by atoms with E-state index in [0.717, 1.165) is 0 Å². The highest BCUT2D eigenvalue weighted by atomic mass is 19.1. The maximum absolute atomic E-state index is 11.8. The van der Waals surface area contributed by atoms with Crippen LogP contribution in [0.2, 0.25) is 0 Å². The zero-order valence-corrected chi connectivity index (χ0v) is 5.92. The molecular formula is C6H9FN4. The first-order valence-corrected chi connectivity index (χ1v) is 3.17. The molecule has 4 N–H and O–H groups in total. The average Bonchev–Trinajstić information content (AvgIpc) is 1.85. The van der Waals surface area contributed by atoms with Gasteiger partial charge in [0.15, 0.2) is 0 Å². The molecular weight excluding hydrogens is 147 g/mol. The van der Waals surface area contributed by atoms with E-state index in [1.54, 1.807) is 0 Å². The van der Waals surface area contributed by atoms with Gasteiger partial charge in [0.1, 0.15) is 17.5 Å². The fourth-order valence-electron chi connectivity index (χ4n) is 0.735. The molecule has 0 saturated carbocycles. The summed E-state index contributed by atoms with van der Waals surface area (Å²) in [6.07, 6.45) is 0.162. The minimum absolute atomic E-state index is 0.162. The highest BCUT2D eigenvalue weighted by molar-refractivity contribution is 5.40. The standard InChI is InChI=1S/C6H9FN4/c7-2-1-6-10-4(8)3-5(9)11-6/h3H,1-2H2,(H4,8,9,10,11). The van der Waals surface area contributed by atoms with Crippen molar-refractivity contribution in [2.75, 3.05) is 18.1 Å². The van der Waals surface area contributed by atoms with Gasteiger partial charge >= 0.3 is 0 Å². The van der Waals surface area contributed by atoms with Gasteiger partial charge in [-0.25, -0.2) is 9.97 Å². The number of hydrogen-bond donors (Lipinski definition) is 2. The van der Waals surface area contributed by atoms with Gasteiger partial charge in [-0.15, -0.1) is 0 Å². The molecule has 0 fully saturated rings. The number of nitrogen functional groups attached to an aromatic ring is 2. The van der Waals surface area contributed by atoms with Crippen molar-refractivity contribution in [3.05, 3.63) is 11.9 Å². The van der Waals surface area contributed by atoms with Crippen LogP contribution < -0.4 is 11.5 Å². The number of nitrogens with two attached hydrogens (primary N) is 2. The van der Waals surface area contributed by atoms with Crippen molar-refractivity contribution in [1.29, 1.82) is 0 Å². The summed E-state index contributed by atoms with van der Waals surface area (Å²) in [5, 5.41) is 0. The molecule has 0 bridgehead atoms. The number of rotatable bonds is 2. The Morgan fingerprint density at radius 2 is 1.82 bits per heavy atom. The minimum Gasteiger partial charge on any atom is -0.384 e. The lowest BCUT2D eigenvalue weighted by Crippen LogP contribution is -2.03. The van der Waals surface area contributed by atoms with E-state index in [2.05, 4.69) is 9.97 Å². The number of anilines is 2. The summed E-state index contributed by atoms with van der Waals surface area (Å²) in [6.45, 7) is -0.497. The maximum Gasteiger partial charge on any atom is 0.135 e. The van der Waals surface area contributed by atoms with Gasteiger partial charge in [0.2, 0.25) is 0 Å². The van der Waals surface area contributed by atoms with E-state index in [9.17, 15) is 4.39 Å². The Hall–Kier alpha value is -1.39. The van der Waals surface area contributed by atoms with Crippen LogP contribution in [0.3, 0.4) is 0 Å². The van der Waals surface area contributed by atoms with Gasteiger partial charge in [-0.05, 0) is 0 Å². The van der Waals surface area contributed by atoms with Crippen LogP contribution >= 0.6 is 0 Å². The monoisotopic (exact) mass is 156 g/mol. The zero-order valence-electron chi connectivity index (χ0n) is 5.92. The van der Waals surface area contributed by atoms with Gasteiger partial charge in [-0.1, -0.05) is 0 Å². The minimum atomic E-state index is -0.497. The maximum atomic E-state index is 11.8. The second-order valence-electron chi connectivity index (χ2n) is 2.07. The van der Waals surface area contributed by atoms with Crippen LogP contribution in [0.5, 0.6) is 0 Å². The summed E-state index contributed by atoms with van der Waals surface area (Å²) in [5.74, 6) is 0.909. The molecule has 5 heteroatoms. The van der Waals surface area contributed by atoms with Gasteiger partial charge in [0, 0.05) is 12.5 Å². The second kappa shape index (κ2) is 3.14. The lowest BCUT2D eigenvalue weighted by atomic mass is 10.4. The van der Waals surface area contributed by atoms with Crippen LogP contribution in [-0.2, 0) is 6.42 Å². The normalized spacial score (nSPS) is 9.91. The van der Waals surface area contributed by atoms with Gasteiger partial charge in [0.05, 0.1) is 6.67 Å². The molecule has 0 spiro atoms.